The van der Waals surface area contributed by atoms with E-state index in [0.717, 1.165) is 6.07 Å². The maximum Gasteiger partial charge on any atom is 0.407 e. The second-order valence-electron chi connectivity index (χ2n) is 2.57. The van der Waals surface area contributed by atoms with E-state index >= 15 is 0 Å². The van der Waals surface area contributed by atoms with Crippen molar-refractivity contribution in [2.75, 3.05) is 0 Å². The molecule has 0 radical (unpaired) electrons. The molecule has 6 heteroatoms. The molecule has 0 aliphatic rings. The third-order valence-electron chi connectivity index (χ3n) is 1.63. The van der Waals surface area contributed by atoms with Gasteiger partial charge >= 0.3 is 6.18 Å². The van der Waals surface area contributed by atoms with E-state index in [4.69, 9.17) is 11.0 Å². The lowest BCUT2D eigenvalue weighted by molar-refractivity contribution is -0.149. The third kappa shape index (κ3) is 2.00. The summed E-state index contributed by atoms with van der Waals surface area (Å²) in [4.78, 5) is 3.49. The molecule has 1 aromatic rings. The summed E-state index contributed by atoms with van der Waals surface area (Å²) in [5.74, 6) is 0. The zero-order valence-corrected chi connectivity index (χ0v) is 6.92. The van der Waals surface area contributed by atoms with Crippen LogP contribution in [0.1, 0.15) is 17.3 Å². The van der Waals surface area contributed by atoms with Gasteiger partial charge in [0.1, 0.15) is 17.8 Å². The predicted molar refractivity (Wildman–Crippen MR) is 41.9 cm³/mol. The maximum absolute atomic E-state index is 12.2. The number of aromatic nitrogens is 1. The number of pyridine rings is 1. The van der Waals surface area contributed by atoms with Gasteiger partial charge in [-0.05, 0) is 6.07 Å². The van der Waals surface area contributed by atoms with E-state index in [9.17, 15) is 13.2 Å². The van der Waals surface area contributed by atoms with Crippen molar-refractivity contribution < 1.29 is 13.2 Å². The standard InChI is InChI=1S/C8H6F3N3/c9-8(10,11)7(13)5-2-1-3-14-6(5)4-12/h1-3,7H,13H2/t7-/m0/s1. The fourth-order valence-corrected chi connectivity index (χ4v) is 0.938. The first-order valence-electron chi connectivity index (χ1n) is 3.64. The Morgan fingerprint density at radius 1 is 1.50 bits per heavy atom. The molecule has 1 heterocycles. The van der Waals surface area contributed by atoms with Gasteiger partial charge in [0.15, 0.2) is 0 Å². The summed E-state index contributed by atoms with van der Waals surface area (Å²) in [6.07, 6.45) is -3.32. The van der Waals surface area contributed by atoms with Crippen LogP contribution in [0.2, 0.25) is 0 Å². The normalized spacial score (nSPS) is 13.4. The Hall–Kier alpha value is -1.61. The summed E-state index contributed by atoms with van der Waals surface area (Å²) in [6, 6.07) is 1.85. The molecule has 0 aliphatic heterocycles. The van der Waals surface area contributed by atoms with Crippen LogP contribution in [0, 0.1) is 11.3 Å². The average Bonchev–Trinajstić information content (AvgIpc) is 2.15. The number of halogens is 3. The Morgan fingerprint density at radius 2 is 2.14 bits per heavy atom. The van der Waals surface area contributed by atoms with Crippen LogP contribution in [0.5, 0.6) is 0 Å². The summed E-state index contributed by atoms with van der Waals surface area (Å²) in [7, 11) is 0. The van der Waals surface area contributed by atoms with Crippen LogP contribution in [0.3, 0.4) is 0 Å². The molecular formula is C8H6F3N3. The Morgan fingerprint density at radius 3 is 2.64 bits per heavy atom. The minimum atomic E-state index is -4.56. The van der Waals surface area contributed by atoms with E-state index in [-0.39, 0.29) is 11.3 Å². The molecule has 3 nitrogen and oxygen atoms in total. The summed E-state index contributed by atoms with van der Waals surface area (Å²) in [5.41, 5.74) is 4.33. The largest absolute Gasteiger partial charge is 0.407 e. The topological polar surface area (TPSA) is 62.7 Å². The van der Waals surface area contributed by atoms with Crippen LogP contribution in [0.15, 0.2) is 18.3 Å². The molecule has 14 heavy (non-hydrogen) atoms. The second kappa shape index (κ2) is 3.64. The van der Waals surface area contributed by atoms with Crippen molar-refractivity contribution in [3.8, 4) is 6.07 Å². The van der Waals surface area contributed by atoms with Gasteiger partial charge in [0.25, 0.3) is 0 Å². The molecule has 1 atom stereocenters. The van der Waals surface area contributed by atoms with Crippen molar-refractivity contribution in [3.63, 3.8) is 0 Å². The molecule has 2 N–H and O–H groups in total. The lowest BCUT2D eigenvalue weighted by Crippen LogP contribution is -2.29. The van der Waals surface area contributed by atoms with Crippen LogP contribution in [0.25, 0.3) is 0 Å². The van der Waals surface area contributed by atoms with Crippen LogP contribution in [-0.2, 0) is 0 Å². The molecule has 74 valence electrons. The Bertz CT molecular complexity index is 367. The SMILES string of the molecule is N#Cc1ncccc1[C@H](N)C(F)(F)F. The molecule has 0 saturated carbocycles. The van der Waals surface area contributed by atoms with Gasteiger partial charge in [-0.3, -0.25) is 0 Å². The van der Waals surface area contributed by atoms with E-state index in [2.05, 4.69) is 4.98 Å². The number of nitriles is 1. The van der Waals surface area contributed by atoms with Crippen molar-refractivity contribution in [1.82, 2.24) is 4.98 Å². The minimum Gasteiger partial charge on any atom is -0.316 e. The highest BCUT2D eigenvalue weighted by molar-refractivity contribution is 5.33. The lowest BCUT2D eigenvalue weighted by Gasteiger charge is -2.15. The molecule has 0 aromatic carbocycles. The second-order valence-corrected chi connectivity index (χ2v) is 2.57. The number of alkyl halides is 3. The molecule has 1 aromatic heterocycles. The van der Waals surface area contributed by atoms with Crippen molar-refractivity contribution in [3.05, 3.63) is 29.6 Å². The van der Waals surface area contributed by atoms with Gasteiger partial charge < -0.3 is 5.73 Å². The van der Waals surface area contributed by atoms with E-state index in [1.54, 1.807) is 6.07 Å². The number of nitrogens with two attached hydrogens (primary N) is 1. The molecule has 0 spiro atoms. The molecule has 1 rings (SSSR count). The summed E-state index contributed by atoms with van der Waals surface area (Å²) >= 11 is 0. The van der Waals surface area contributed by atoms with Gasteiger partial charge in [0.2, 0.25) is 0 Å². The van der Waals surface area contributed by atoms with Crippen molar-refractivity contribution in [2.24, 2.45) is 5.73 Å². The smallest absolute Gasteiger partial charge is 0.316 e. The quantitative estimate of drug-likeness (QED) is 0.749. The average molecular weight is 201 g/mol. The highest BCUT2D eigenvalue weighted by atomic mass is 19.4. The van der Waals surface area contributed by atoms with Crippen molar-refractivity contribution >= 4 is 0 Å². The van der Waals surface area contributed by atoms with E-state index in [1.165, 1.54) is 12.3 Å². The first-order chi connectivity index (χ1) is 6.46. The third-order valence-corrected chi connectivity index (χ3v) is 1.63. The van der Waals surface area contributed by atoms with E-state index < -0.39 is 12.2 Å². The molecule has 0 aliphatic carbocycles. The van der Waals surface area contributed by atoms with Crippen LogP contribution in [-0.4, -0.2) is 11.2 Å². The first kappa shape index (κ1) is 10.5. The van der Waals surface area contributed by atoms with Gasteiger partial charge in [-0.15, -0.1) is 0 Å². The number of rotatable bonds is 1. The molecule has 0 unspecified atom stereocenters. The number of hydrogen-bond acceptors (Lipinski definition) is 3. The fourth-order valence-electron chi connectivity index (χ4n) is 0.938. The molecule has 0 amide bonds. The maximum atomic E-state index is 12.2. The van der Waals surface area contributed by atoms with Gasteiger partial charge in [0.05, 0.1) is 0 Å². The number of hydrogen-bond donors (Lipinski definition) is 1. The molecular weight excluding hydrogens is 195 g/mol. The van der Waals surface area contributed by atoms with Gasteiger partial charge in [0, 0.05) is 11.8 Å². The predicted octanol–water partition coefficient (Wildman–Crippen LogP) is 1.52. The molecule has 0 fully saturated rings. The van der Waals surface area contributed by atoms with Crippen molar-refractivity contribution in [1.29, 1.82) is 5.26 Å². The van der Waals surface area contributed by atoms with E-state index in [1.807, 2.05) is 0 Å². The molecule has 0 saturated heterocycles. The molecule has 0 bridgehead atoms. The summed E-state index contributed by atoms with van der Waals surface area (Å²) in [5, 5.41) is 8.50. The fraction of sp³-hybridized carbons (Fsp3) is 0.250. The minimum absolute atomic E-state index is 0.294. The highest BCUT2D eigenvalue weighted by Gasteiger charge is 2.39. The van der Waals surface area contributed by atoms with Crippen LogP contribution in [0.4, 0.5) is 13.2 Å². The van der Waals surface area contributed by atoms with Gasteiger partial charge in [-0.2, -0.15) is 18.4 Å². The van der Waals surface area contributed by atoms with E-state index in [0.29, 0.717) is 0 Å². The Labute approximate surface area is 78.0 Å². The highest BCUT2D eigenvalue weighted by Crippen LogP contribution is 2.31. The van der Waals surface area contributed by atoms with Crippen LogP contribution < -0.4 is 5.73 Å². The number of nitrogens with zero attached hydrogens (tertiary/aromatic N) is 2. The van der Waals surface area contributed by atoms with Crippen molar-refractivity contribution in [2.45, 2.75) is 12.2 Å². The van der Waals surface area contributed by atoms with Gasteiger partial charge in [-0.1, -0.05) is 6.07 Å². The zero-order valence-electron chi connectivity index (χ0n) is 6.92. The lowest BCUT2D eigenvalue weighted by atomic mass is 10.1. The van der Waals surface area contributed by atoms with Gasteiger partial charge in [-0.25, -0.2) is 4.98 Å². The Balaban J connectivity index is 3.14. The summed E-state index contributed by atoms with van der Waals surface area (Å²) in [6.45, 7) is 0. The summed E-state index contributed by atoms with van der Waals surface area (Å²) < 4.78 is 36.6. The zero-order chi connectivity index (χ0) is 10.8. The monoisotopic (exact) mass is 201 g/mol. The Kier molecular flexibility index (Phi) is 2.72. The van der Waals surface area contributed by atoms with Crippen LogP contribution >= 0.6 is 0 Å². The first-order valence-corrected chi connectivity index (χ1v) is 3.64.